The minimum absolute atomic E-state index is 0.0105. The van der Waals surface area contributed by atoms with E-state index in [1.807, 2.05) is 0 Å². The normalized spacial score (nSPS) is 20.2. The molecule has 2 aromatic heterocycles. The number of hydrogen-bond donors (Lipinski definition) is 2. The Morgan fingerprint density at radius 1 is 1.34 bits per heavy atom. The van der Waals surface area contributed by atoms with E-state index in [1.54, 1.807) is 44.2 Å². The Morgan fingerprint density at radius 2 is 2.09 bits per heavy atom. The monoisotopic (exact) mass is 503 g/mol. The molecular formula is C21H22N5O8P. The van der Waals surface area contributed by atoms with Gasteiger partial charge in [-0.2, -0.15) is 4.98 Å². The van der Waals surface area contributed by atoms with Crippen LogP contribution in [0.4, 0.5) is 5.95 Å². The van der Waals surface area contributed by atoms with Gasteiger partial charge >= 0.3 is 14.2 Å². The van der Waals surface area contributed by atoms with Gasteiger partial charge in [0.15, 0.2) is 11.2 Å². The number of fused-ring (bicyclic) bond motifs is 1. The fourth-order valence-corrected chi connectivity index (χ4v) is 3.79. The van der Waals surface area contributed by atoms with E-state index >= 15 is 0 Å². The van der Waals surface area contributed by atoms with E-state index in [1.165, 1.54) is 10.9 Å². The summed E-state index contributed by atoms with van der Waals surface area (Å²) in [4.78, 5) is 58.9. The lowest BCUT2D eigenvalue weighted by atomic mass is 10.1. The fraction of sp³-hybridized carbons (Fsp3) is 0.381. The standard InChI is InChI=1S/C21H22N5O8P/c1-11(2)18(27)24-21-23-17-16(19(28)25-21)22-10-26(17)15-8-13(14(33-15)9-32-35(30)31)34-20(29)12-6-4-3-5-7-12/h3-7,10-11,13-15H,8-9H2,1-2H3,(H2,23,24,25,27,28)/t13-,14+,15+/m0/s1. The van der Waals surface area contributed by atoms with Gasteiger partial charge < -0.3 is 14.4 Å². The van der Waals surface area contributed by atoms with Gasteiger partial charge in [0, 0.05) is 12.3 Å². The van der Waals surface area contributed by atoms with Crippen molar-refractivity contribution >= 4 is 37.2 Å². The number of imidazole rings is 1. The number of benzene rings is 1. The molecule has 1 aromatic carbocycles. The Labute approximate surface area is 199 Å². The van der Waals surface area contributed by atoms with Gasteiger partial charge in [-0.15, -0.1) is 4.52 Å². The minimum Gasteiger partial charge on any atom is -0.566 e. The number of aromatic nitrogens is 4. The third kappa shape index (κ3) is 5.60. The Morgan fingerprint density at radius 3 is 2.77 bits per heavy atom. The predicted molar refractivity (Wildman–Crippen MR) is 119 cm³/mol. The molecule has 4 atom stereocenters. The van der Waals surface area contributed by atoms with Crippen molar-refractivity contribution in [3.05, 3.63) is 52.6 Å². The number of nitrogens with one attached hydrogen (secondary N) is 2. The number of carbonyl (C=O) groups excluding carboxylic acids is 2. The number of ether oxygens (including phenoxy) is 2. The zero-order valence-electron chi connectivity index (χ0n) is 18.7. The van der Waals surface area contributed by atoms with Gasteiger partial charge in [-0.1, -0.05) is 32.0 Å². The van der Waals surface area contributed by atoms with Crippen LogP contribution in [0.2, 0.25) is 0 Å². The second kappa shape index (κ2) is 10.4. The summed E-state index contributed by atoms with van der Waals surface area (Å²) < 4.78 is 28.6. The summed E-state index contributed by atoms with van der Waals surface area (Å²) in [5.41, 5.74) is -0.114. The molecule has 1 fully saturated rings. The first-order valence-corrected chi connectivity index (χ1v) is 11.8. The molecule has 1 aliphatic heterocycles. The van der Waals surface area contributed by atoms with Crippen molar-refractivity contribution in [2.24, 2.45) is 5.92 Å². The lowest BCUT2D eigenvalue weighted by Gasteiger charge is -2.16. The molecule has 35 heavy (non-hydrogen) atoms. The number of H-pyrrole nitrogens is 1. The van der Waals surface area contributed by atoms with Crippen LogP contribution in [0, 0.1) is 5.92 Å². The van der Waals surface area contributed by atoms with E-state index in [2.05, 4.69) is 20.3 Å². The zero-order valence-corrected chi connectivity index (χ0v) is 19.6. The largest absolute Gasteiger partial charge is 0.566 e. The van der Waals surface area contributed by atoms with E-state index in [4.69, 9.17) is 14.0 Å². The molecule has 0 saturated carbocycles. The second-order valence-corrected chi connectivity index (χ2v) is 8.78. The Hall–Kier alpha value is -3.51. The first-order chi connectivity index (χ1) is 16.7. The van der Waals surface area contributed by atoms with Crippen LogP contribution < -0.4 is 15.8 Å². The van der Waals surface area contributed by atoms with Crippen molar-refractivity contribution < 1.29 is 33.0 Å². The van der Waals surface area contributed by atoms with Crippen LogP contribution in [-0.2, 0) is 23.4 Å². The molecule has 1 amide bonds. The number of nitrogens with zero attached hydrogens (tertiary/aromatic N) is 3. The molecule has 0 bridgehead atoms. The number of esters is 1. The van der Waals surface area contributed by atoms with Gasteiger partial charge in [-0.05, 0) is 16.7 Å². The summed E-state index contributed by atoms with van der Waals surface area (Å²) in [5.74, 6) is -1.35. The molecule has 14 heteroatoms. The number of rotatable bonds is 8. The van der Waals surface area contributed by atoms with Gasteiger partial charge in [0.1, 0.15) is 25.0 Å². The summed E-state index contributed by atoms with van der Waals surface area (Å²) in [5, 5.41) is 2.53. The summed E-state index contributed by atoms with van der Waals surface area (Å²) in [6, 6.07) is 8.29. The van der Waals surface area contributed by atoms with Crippen molar-refractivity contribution in [2.75, 3.05) is 11.9 Å². The van der Waals surface area contributed by atoms with Crippen LogP contribution >= 0.6 is 8.25 Å². The van der Waals surface area contributed by atoms with Crippen molar-refractivity contribution in [3.63, 3.8) is 0 Å². The molecule has 1 aliphatic rings. The lowest BCUT2D eigenvalue weighted by molar-refractivity contribution is -0.188. The second-order valence-electron chi connectivity index (χ2n) is 8.08. The third-order valence-corrected chi connectivity index (χ3v) is 5.66. The number of amides is 1. The average Bonchev–Trinajstić information content (AvgIpc) is 3.42. The van der Waals surface area contributed by atoms with Crippen molar-refractivity contribution in [3.8, 4) is 0 Å². The van der Waals surface area contributed by atoms with Crippen molar-refractivity contribution in [1.82, 2.24) is 19.5 Å². The first kappa shape index (κ1) is 24.6. The van der Waals surface area contributed by atoms with Crippen LogP contribution in [0.25, 0.3) is 11.2 Å². The summed E-state index contributed by atoms with van der Waals surface area (Å²) in [6.07, 6.45) is -1.15. The maximum Gasteiger partial charge on any atom is 0.488 e. The molecule has 1 saturated heterocycles. The number of anilines is 1. The highest BCUT2D eigenvalue weighted by Crippen LogP contribution is 2.34. The lowest BCUT2D eigenvalue weighted by Crippen LogP contribution is -2.30. The average molecular weight is 503 g/mol. The van der Waals surface area contributed by atoms with Gasteiger partial charge in [-0.3, -0.25) is 24.5 Å². The number of carbonyl (C=O) groups is 2. The van der Waals surface area contributed by atoms with Gasteiger partial charge in [0.25, 0.3) is 5.56 Å². The molecule has 0 radical (unpaired) electrons. The Kier molecular flexibility index (Phi) is 7.31. The van der Waals surface area contributed by atoms with E-state index in [0.717, 1.165) is 0 Å². The summed E-state index contributed by atoms with van der Waals surface area (Å²) in [7, 11) is -3.15. The highest BCUT2D eigenvalue weighted by atomic mass is 31.1. The van der Waals surface area contributed by atoms with Crippen molar-refractivity contribution in [2.45, 2.75) is 38.7 Å². The first-order valence-electron chi connectivity index (χ1n) is 10.7. The Balaban J connectivity index is 1.61. The number of aromatic amines is 1. The number of hydrogen-bond acceptors (Lipinski definition) is 10. The minimum atomic E-state index is -3.15. The smallest absolute Gasteiger partial charge is 0.488 e. The molecule has 0 aliphatic carbocycles. The summed E-state index contributed by atoms with van der Waals surface area (Å²) >= 11 is 0. The van der Waals surface area contributed by atoms with Crippen LogP contribution in [0.15, 0.2) is 41.5 Å². The van der Waals surface area contributed by atoms with Crippen LogP contribution in [0.3, 0.4) is 0 Å². The maximum atomic E-state index is 12.6. The molecule has 184 valence electrons. The van der Waals surface area contributed by atoms with E-state index < -0.39 is 38.2 Å². The van der Waals surface area contributed by atoms with Gasteiger partial charge in [0.05, 0.1) is 11.9 Å². The quantitative estimate of drug-likeness (QED) is 0.336. The predicted octanol–water partition coefficient (Wildman–Crippen LogP) is 1.26. The third-order valence-electron chi connectivity index (χ3n) is 5.30. The van der Waals surface area contributed by atoms with E-state index in [9.17, 15) is 23.8 Å². The van der Waals surface area contributed by atoms with Crippen LogP contribution in [0.5, 0.6) is 0 Å². The molecule has 13 nitrogen and oxygen atoms in total. The Bertz CT molecular complexity index is 1310. The molecule has 3 heterocycles. The zero-order chi connectivity index (χ0) is 25.1. The molecule has 4 rings (SSSR count). The van der Waals surface area contributed by atoms with E-state index in [0.29, 0.717) is 5.56 Å². The van der Waals surface area contributed by atoms with E-state index in [-0.39, 0.29) is 42.0 Å². The SMILES string of the molecule is CC(C)C(=O)Nc1nc2c(ncn2[C@H]2C[C@H](OC(=O)c3ccccc3)[C@@H](CO[P+](=O)[O-])O2)c(=O)[nH]1. The molecule has 1 unspecified atom stereocenters. The van der Waals surface area contributed by atoms with Gasteiger partial charge in [-0.25, -0.2) is 9.78 Å². The highest BCUT2D eigenvalue weighted by molar-refractivity contribution is 7.30. The van der Waals surface area contributed by atoms with Crippen LogP contribution in [0.1, 0.15) is 36.9 Å². The molecule has 2 N–H and O–H groups in total. The highest BCUT2D eigenvalue weighted by Gasteiger charge is 2.41. The maximum absolute atomic E-state index is 12.6. The fourth-order valence-electron chi connectivity index (χ4n) is 3.52. The summed E-state index contributed by atoms with van der Waals surface area (Å²) in [6.45, 7) is 3.01. The molecular weight excluding hydrogens is 481 g/mol. The van der Waals surface area contributed by atoms with Crippen LogP contribution in [-0.4, -0.2) is 50.2 Å². The topological polar surface area (TPSA) is 178 Å². The van der Waals surface area contributed by atoms with Gasteiger partial charge in [0.2, 0.25) is 11.9 Å². The molecule has 0 spiro atoms. The van der Waals surface area contributed by atoms with Crippen molar-refractivity contribution in [1.29, 1.82) is 0 Å². The molecule has 3 aromatic rings.